The van der Waals surface area contributed by atoms with E-state index in [1.54, 1.807) is 12.1 Å². The van der Waals surface area contributed by atoms with Crippen LogP contribution in [-0.2, 0) is 0 Å². The van der Waals surface area contributed by atoms with E-state index < -0.39 is 6.04 Å². The molecule has 240 valence electrons. The first kappa shape index (κ1) is 24.3. The van der Waals surface area contributed by atoms with Crippen LogP contribution in [-0.4, -0.2) is 0 Å². The maximum Gasteiger partial charge on any atom is 0.159 e. The van der Waals surface area contributed by atoms with Crippen LogP contribution in [0.1, 0.15) is 6.85 Å². The molecule has 0 spiro atoms. The third-order valence-corrected chi connectivity index (χ3v) is 9.58. The molecule has 0 N–H and O–H groups in total. The summed E-state index contributed by atoms with van der Waals surface area (Å²) < 4.78 is 54.4. The molecule has 0 aliphatic heterocycles. The fraction of sp³-hybridized carbons (Fsp3) is 0. The highest BCUT2D eigenvalue weighted by Crippen LogP contribution is 2.43. The van der Waals surface area contributed by atoms with Crippen molar-refractivity contribution >= 4 is 60.9 Å². The van der Waals surface area contributed by atoms with Crippen molar-refractivity contribution in [3.8, 4) is 33.4 Å². The Morgan fingerprint density at radius 3 is 1.75 bits per heavy atom. The maximum atomic E-state index is 8.53. The number of fused-ring (bicyclic) bond motifs is 6. The lowest BCUT2D eigenvalue weighted by atomic mass is 10.00. The van der Waals surface area contributed by atoms with Crippen LogP contribution in [0.25, 0.3) is 77.3 Å². The number of nitrogens with zero attached hydrogens (tertiary/aromatic N) is 1. The van der Waals surface area contributed by atoms with Crippen molar-refractivity contribution in [1.29, 1.82) is 0 Å². The molecule has 0 amide bonds. The van der Waals surface area contributed by atoms with E-state index in [0.29, 0.717) is 5.56 Å². The smallest absolute Gasteiger partial charge is 0.159 e. The third kappa shape index (κ3) is 4.98. The van der Waals surface area contributed by atoms with Crippen molar-refractivity contribution in [3.05, 3.63) is 188 Å². The molecular formula is C48H31NO2. The second-order valence-electron chi connectivity index (χ2n) is 12.5. The SMILES string of the molecule is [2H]c1c([2H])c([2H])c(-c2ccc(N(c3ccc(-c4ccc5oc6c(-c7ccccc7)cccc6c5c4)cc3)c3cccc4c3oc3ccccc34)cc2)c([2H])c1[2H]. The van der Waals surface area contributed by atoms with Crippen molar-refractivity contribution in [1.82, 2.24) is 0 Å². The van der Waals surface area contributed by atoms with Crippen molar-refractivity contribution in [2.75, 3.05) is 4.90 Å². The summed E-state index contributed by atoms with van der Waals surface area (Å²) in [6.45, 7) is 0. The number of anilines is 3. The summed E-state index contributed by atoms with van der Waals surface area (Å²) in [6.07, 6.45) is 0. The largest absolute Gasteiger partial charge is 0.455 e. The molecular weight excluding hydrogens is 623 g/mol. The minimum Gasteiger partial charge on any atom is -0.455 e. The van der Waals surface area contributed by atoms with Gasteiger partial charge >= 0.3 is 0 Å². The number of benzene rings is 8. The van der Waals surface area contributed by atoms with Gasteiger partial charge in [0.05, 0.1) is 12.5 Å². The van der Waals surface area contributed by atoms with E-state index in [9.17, 15) is 0 Å². The van der Waals surface area contributed by atoms with Gasteiger partial charge < -0.3 is 13.7 Å². The van der Waals surface area contributed by atoms with E-state index in [1.807, 2.05) is 66.7 Å². The van der Waals surface area contributed by atoms with Crippen LogP contribution < -0.4 is 4.90 Å². The van der Waals surface area contributed by atoms with Crippen LogP contribution in [0.3, 0.4) is 0 Å². The highest BCUT2D eigenvalue weighted by molar-refractivity contribution is 6.11. The first-order valence-corrected chi connectivity index (χ1v) is 16.8. The Hall–Kier alpha value is -6.84. The second-order valence-corrected chi connectivity index (χ2v) is 12.5. The Morgan fingerprint density at radius 2 is 0.980 bits per heavy atom. The monoisotopic (exact) mass is 658 g/mol. The minimum atomic E-state index is -0.413. The molecule has 0 saturated carbocycles. The summed E-state index contributed by atoms with van der Waals surface area (Å²) in [6, 6.07) is 51.2. The van der Waals surface area contributed by atoms with Gasteiger partial charge in [0.25, 0.3) is 0 Å². The first-order valence-electron chi connectivity index (χ1n) is 19.3. The molecule has 0 fully saturated rings. The van der Waals surface area contributed by atoms with Crippen LogP contribution >= 0.6 is 0 Å². The maximum absolute atomic E-state index is 8.53. The van der Waals surface area contributed by atoms with E-state index in [1.165, 1.54) is 0 Å². The average Bonchev–Trinajstić information content (AvgIpc) is 3.82. The fourth-order valence-electron chi connectivity index (χ4n) is 7.13. The van der Waals surface area contributed by atoms with Gasteiger partial charge in [-0.25, -0.2) is 0 Å². The lowest BCUT2D eigenvalue weighted by molar-refractivity contribution is 0.669. The average molecular weight is 659 g/mol. The second kappa shape index (κ2) is 11.9. The molecule has 3 nitrogen and oxygen atoms in total. The van der Waals surface area contributed by atoms with Gasteiger partial charge in [-0.2, -0.15) is 0 Å². The first-order chi connectivity index (χ1) is 27.4. The van der Waals surface area contributed by atoms with Crippen molar-refractivity contribution in [3.63, 3.8) is 0 Å². The van der Waals surface area contributed by atoms with E-state index in [-0.39, 0.29) is 29.7 Å². The molecule has 2 heterocycles. The Labute approximate surface area is 302 Å². The molecule has 0 saturated heterocycles. The number of hydrogen-bond donors (Lipinski definition) is 0. The van der Waals surface area contributed by atoms with Crippen LogP contribution in [0.5, 0.6) is 0 Å². The number of rotatable bonds is 6. The number of para-hydroxylation sites is 3. The summed E-state index contributed by atoms with van der Waals surface area (Å²) in [5.74, 6) is 0. The van der Waals surface area contributed by atoms with Crippen molar-refractivity contribution in [2.45, 2.75) is 0 Å². The standard InChI is InChI=1S/C48H31NO2/c1-3-11-32(12-4-1)33-21-26-37(27-22-33)49(44-19-10-18-41-40-15-7-8-20-45(40)51-48(41)44)38-28-23-34(24-29-38)36-25-30-46-43(31-36)42-17-9-16-39(47(42)50-46)35-13-5-2-6-14-35/h1-31H/i1D,3D,4D,11D,12D. The minimum absolute atomic E-state index is 0.163. The summed E-state index contributed by atoms with van der Waals surface area (Å²) in [5, 5.41) is 4.13. The predicted molar refractivity (Wildman–Crippen MR) is 212 cm³/mol. The molecule has 0 bridgehead atoms. The van der Waals surface area contributed by atoms with E-state index in [2.05, 4.69) is 83.8 Å². The lowest BCUT2D eigenvalue weighted by Crippen LogP contribution is -2.10. The van der Waals surface area contributed by atoms with Gasteiger partial charge in [-0.3, -0.25) is 0 Å². The number of furan rings is 2. The molecule has 8 aromatic carbocycles. The Bertz CT molecular complexity index is 3100. The van der Waals surface area contributed by atoms with Crippen LogP contribution in [0, 0.1) is 0 Å². The van der Waals surface area contributed by atoms with E-state index in [0.717, 1.165) is 83.2 Å². The van der Waals surface area contributed by atoms with E-state index >= 15 is 0 Å². The van der Waals surface area contributed by atoms with Crippen molar-refractivity contribution < 1.29 is 15.7 Å². The molecule has 10 aromatic rings. The summed E-state index contributed by atoms with van der Waals surface area (Å²) in [7, 11) is 0. The highest BCUT2D eigenvalue weighted by Gasteiger charge is 2.20. The van der Waals surface area contributed by atoms with Gasteiger partial charge in [0.15, 0.2) is 5.58 Å². The zero-order chi connectivity index (χ0) is 38.1. The Balaban J connectivity index is 1.08. The van der Waals surface area contributed by atoms with Crippen molar-refractivity contribution in [2.24, 2.45) is 0 Å². The van der Waals surface area contributed by atoms with Crippen LogP contribution in [0.2, 0.25) is 0 Å². The molecule has 0 aliphatic carbocycles. The molecule has 10 rings (SSSR count). The van der Waals surface area contributed by atoms with Crippen LogP contribution in [0.15, 0.2) is 197 Å². The molecule has 0 radical (unpaired) electrons. The third-order valence-electron chi connectivity index (χ3n) is 9.58. The molecule has 0 unspecified atom stereocenters. The summed E-state index contributed by atoms with van der Waals surface area (Å²) in [5.41, 5.74) is 10.7. The fourth-order valence-corrected chi connectivity index (χ4v) is 7.13. The van der Waals surface area contributed by atoms with Gasteiger partial charge in [0.1, 0.15) is 16.7 Å². The Morgan fingerprint density at radius 1 is 0.392 bits per heavy atom. The molecule has 3 heteroatoms. The van der Waals surface area contributed by atoms with E-state index in [4.69, 9.17) is 15.7 Å². The summed E-state index contributed by atoms with van der Waals surface area (Å²) in [4.78, 5) is 2.12. The zero-order valence-electron chi connectivity index (χ0n) is 32.3. The topological polar surface area (TPSA) is 29.5 Å². The summed E-state index contributed by atoms with van der Waals surface area (Å²) >= 11 is 0. The molecule has 2 aromatic heterocycles. The van der Waals surface area contributed by atoms with Gasteiger partial charge in [0, 0.05) is 38.5 Å². The lowest BCUT2D eigenvalue weighted by Gasteiger charge is -2.26. The number of hydrogen-bond acceptors (Lipinski definition) is 3. The highest BCUT2D eigenvalue weighted by atomic mass is 16.3. The quantitative estimate of drug-likeness (QED) is 0.178. The molecule has 0 atom stereocenters. The van der Waals surface area contributed by atoms with Gasteiger partial charge in [-0.05, 0) is 76.3 Å². The zero-order valence-corrected chi connectivity index (χ0v) is 27.3. The molecule has 0 aliphatic rings. The Kier molecular flexibility index (Phi) is 5.69. The van der Waals surface area contributed by atoms with Gasteiger partial charge in [-0.1, -0.05) is 139 Å². The van der Waals surface area contributed by atoms with Crippen LogP contribution in [0.4, 0.5) is 17.1 Å². The van der Waals surface area contributed by atoms with Gasteiger partial charge in [0.2, 0.25) is 0 Å². The predicted octanol–water partition coefficient (Wildman–Crippen LogP) is 14.0. The molecule has 51 heavy (non-hydrogen) atoms. The van der Waals surface area contributed by atoms with Gasteiger partial charge in [-0.15, -0.1) is 0 Å². The normalized spacial score (nSPS) is 12.9.